The van der Waals surface area contributed by atoms with Gasteiger partial charge >= 0.3 is 5.51 Å². The number of nitrogens with zero attached hydrogens (tertiary/aromatic N) is 3. The van der Waals surface area contributed by atoms with Crippen molar-refractivity contribution in [1.29, 1.82) is 0 Å². The molecule has 2 aromatic rings. The molecule has 2 aromatic carbocycles. The number of nitrogens with two attached hydrogens (primary N) is 2. The predicted molar refractivity (Wildman–Crippen MR) is 122 cm³/mol. The molecule has 4 rings (SSSR count). The van der Waals surface area contributed by atoms with Gasteiger partial charge in [-0.15, -0.1) is 0 Å². The van der Waals surface area contributed by atoms with E-state index in [1.807, 2.05) is 0 Å². The van der Waals surface area contributed by atoms with Crippen molar-refractivity contribution < 1.29 is 21.6 Å². The highest BCUT2D eigenvalue weighted by atomic mass is 32.2. The molecule has 0 bridgehead atoms. The monoisotopic (exact) mass is 497 g/mol. The van der Waals surface area contributed by atoms with Gasteiger partial charge in [-0.1, -0.05) is 6.42 Å². The van der Waals surface area contributed by atoms with E-state index in [0.717, 1.165) is 44.2 Å². The van der Waals surface area contributed by atoms with Gasteiger partial charge in [0, 0.05) is 10.6 Å². The van der Waals surface area contributed by atoms with Crippen LogP contribution in [0.15, 0.2) is 73.2 Å². The van der Waals surface area contributed by atoms with E-state index in [0.29, 0.717) is 5.69 Å². The van der Waals surface area contributed by atoms with Crippen LogP contribution in [0.25, 0.3) is 0 Å². The highest BCUT2D eigenvalue weighted by molar-refractivity contribution is 8.00. The Kier molecular flexibility index (Phi) is 6.08. The fourth-order valence-corrected chi connectivity index (χ4v) is 6.03. The second-order valence-corrected chi connectivity index (χ2v) is 10.9. The first kappa shape index (κ1) is 23.4. The average molecular weight is 498 g/mol. The summed E-state index contributed by atoms with van der Waals surface area (Å²) in [6.07, 6.45) is 4.48. The molecule has 1 fully saturated rings. The van der Waals surface area contributed by atoms with Gasteiger partial charge in [0.05, 0.1) is 9.79 Å². The molecular formula is C21H22F3N5O2S2. The molecule has 12 heteroatoms. The Morgan fingerprint density at radius 3 is 2.00 bits per heavy atom. The minimum atomic E-state index is -4.44. The van der Waals surface area contributed by atoms with Gasteiger partial charge in [-0.3, -0.25) is 4.90 Å². The van der Waals surface area contributed by atoms with Gasteiger partial charge in [0.2, 0.25) is 21.8 Å². The Morgan fingerprint density at radius 1 is 0.909 bits per heavy atom. The van der Waals surface area contributed by atoms with Crippen LogP contribution in [-0.2, 0) is 9.84 Å². The van der Waals surface area contributed by atoms with Gasteiger partial charge < -0.3 is 11.5 Å². The molecule has 1 aliphatic carbocycles. The minimum Gasteiger partial charge on any atom is -0.369 e. The third-order valence-electron chi connectivity index (χ3n) is 5.62. The number of thioether (sulfide) groups is 1. The third-order valence-corrected chi connectivity index (χ3v) is 8.15. The zero-order valence-electron chi connectivity index (χ0n) is 17.4. The van der Waals surface area contributed by atoms with E-state index < -0.39 is 21.0 Å². The maximum Gasteiger partial charge on any atom is 0.446 e. The largest absolute Gasteiger partial charge is 0.446 e. The summed E-state index contributed by atoms with van der Waals surface area (Å²) in [5.74, 6) is 0.315. The van der Waals surface area contributed by atoms with Crippen LogP contribution < -0.4 is 16.4 Å². The van der Waals surface area contributed by atoms with Gasteiger partial charge in [0.1, 0.15) is 5.66 Å². The Morgan fingerprint density at radius 2 is 1.45 bits per heavy atom. The van der Waals surface area contributed by atoms with Gasteiger partial charge in [0.25, 0.3) is 0 Å². The summed E-state index contributed by atoms with van der Waals surface area (Å²) in [4.78, 5) is 10.3. The van der Waals surface area contributed by atoms with E-state index in [1.54, 1.807) is 17.0 Å². The van der Waals surface area contributed by atoms with Crippen LogP contribution in [0.5, 0.6) is 0 Å². The molecule has 4 N–H and O–H groups in total. The van der Waals surface area contributed by atoms with Crippen molar-refractivity contribution in [2.45, 2.75) is 58.0 Å². The lowest BCUT2D eigenvalue weighted by molar-refractivity contribution is -0.0328. The molecule has 1 aliphatic heterocycles. The maximum atomic E-state index is 13.0. The van der Waals surface area contributed by atoms with Crippen molar-refractivity contribution in [3.63, 3.8) is 0 Å². The van der Waals surface area contributed by atoms with Crippen molar-refractivity contribution in [1.82, 2.24) is 0 Å². The van der Waals surface area contributed by atoms with E-state index >= 15 is 0 Å². The van der Waals surface area contributed by atoms with Crippen molar-refractivity contribution in [3.8, 4) is 0 Å². The molecule has 0 radical (unpaired) electrons. The first-order valence-corrected chi connectivity index (χ1v) is 12.5. The number of benzene rings is 2. The number of rotatable bonds is 4. The summed E-state index contributed by atoms with van der Waals surface area (Å²) < 4.78 is 63.5. The molecule has 0 aromatic heterocycles. The average Bonchev–Trinajstić information content (AvgIpc) is 2.73. The van der Waals surface area contributed by atoms with Crippen LogP contribution in [0.2, 0.25) is 0 Å². The Balaban J connectivity index is 1.62. The Labute approximate surface area is 193 Å². The summed E-state index contributed by atoms with van der Waals surface area (Å²) in [6.45, 7) is 0. The fraction of sp³-hybridized carbons (Fsp3) is 0.333. The standard InChI is InChI=1S/C21H22F3N5O2S2/c22-21(23,24)32-15-6-10-17(11-7-15)33(30,31)16-8-4-14(5-9-16)29-19(26)27-18(25)28-20(29)12-2-1-3-13-20/h4-11H,1-3,12-13H2,(H4,25,26,27,28). The molecule has 2 aliphatic rings. The predicted octanol–water partition coefficient (Wildman–Crippen LogP) is 4.24. The minimum absolute atomic E-state index is 0.00991. The third kappa shape index (κ3) is 4.81. The van der Waals surface area contributed by atoms with Crippen molar-refractivity contribution in [3.05, 3.63) is 48.5 Å². The quantitative estimate of drug-likeness (QED) is 0.611. The van der Waals surface area contributed by atoms with Crippen molar-refractivity contribution in [2.24, 2.45) is 21.5 Å². The van der Waals surface area contributed by atoms with E-state index in [2.05, 4.69) is 9.98 Å². The molecule has 0 saturated heterocycles. The molecule has 33 heavy (non-hydrogen) atoms. The second-order valence-electron chi connectivity index (χ2n) is 7.84. The number of hydrogen-bond donors (Lipinski definition) is 2. The van der Waals surface area contributed by atoms with Crippen LogP contribution >= 0.6 is 11.8 Å². The number of guanidine groups is 2. The highest BCUT2D eigenvalue weighted by Crippen LogP contribution is 2.40. The summed E-state index contributed by atoms with van der Waals surface area (Å²) >= 11 is -0.298. The van der Waals surface area contributed by atoms with Crippen LogP contribution in [0, 0.1) is 0 Å². The molecular weight excluding hydrogens is 475 g/mol. The molecule has 0 atom stereocenters. The number of halogens is 3. The maximum absolute atomic E-state index is 13.0. The lowest BCUT2D eigenvalue weighted by atomic mass is 9.87. The normalized spacial score (nSPS) is 18.7. The van der Waals surface area contributed by atoms with Gasteiger partial charge in [-0.2, -0.15) is 18.2 Å². The second kappa shape index (κ2) is 8.56. The number of alkyl halides is 3. The topological polar surface area (TPSA) is 114 Å². The lowest BCUT2D eigenvalue weighted by Crippen LogP contribution is -2.58. The van der Waals surface area contributed by atoms with Crippen molar-refractivity contribution in [2.75, 3.05) is 4.90 Å². The molecule has 1 spiro atoms. The zero-order valence-corrected chi connectivity index (χ0v) is 19.1. The molecule has 1 saturated carbocycles. The zero-order chi connectivity index (χ0) is 23.9. The summed E-state index contributed by atoms with van der Waals surface area (Å²) in [7, 11) is -3.92. The van der Waals surface area contributed by atoms with Crippen LogP contribution in [-0.4, -0.2) is 31.5 Å². The number of aliphatic imine (C=N–C) groups is 2. The number of sulfone groups is 1. The lowest BCUT2D eigenvalue weighted by Gasteiger charge is -2.45. The number of hydrogen-bond acceptors (Lipinski definition) is 8. The van der Waals surface area contributed by atoms with Crippen LogP contribution in [0.4, 0.5) is 18.9 Å². The SMILES string of the molecule is NC1=NC2(CCCCC2)N(c2ccc(S(=O)(=O)c3ccc(SC(F)(F)F)cc3)cc2)C(N)=N1. The molecule has 7 nitrogen and oxygen atoms in total. The highest BCUT2D eigenvalue weighted by Gasteiger charge is 2.42. The number of anilines is 1. The summed E-state index contributed by atoms with van der Waals surface area (Å²) in [6, 6.07) is 10.7. The van der Waals surface area contributed by atoms with E-state index in [4.69, 9.17) is 11.5 Å². The van der Waals surface area contributed by atoms with Crippen molar-refractivity contribution >= 4 is 39.2 Å². The Hall–Kier alpha value is -2.73. The molecule has 0 unspecified atom stereocenters. The molecule has 1 heterocycles. The van der Waals surface area contributed by atoms with E-state index in [9.17, 15) is 21.6 Å². The van der Waals surface area contributed by atoms with Crippen LogP contribution in [0.3, 0.4) is 0 Å². The molecule has 176 valence electrons. The van der Waals surface area contributed by atoms with Crippen LogP contribution in [0.1, 0.15) is 32.1 Å². The van der Waals surface area contributed by atoms with Gasteiger partial charge in [0.15, 0.2) is 0 Å². The fourth-order valence-electron chi connectivity index (χ4n) is 4.23. The first-order valence-electron chi connectivity index (χ1n) is 10.2. The summed E-state index contributed by atoms with van der Waals surface area (Å²) in [5, 5.41) is 0. The summed E-state index contributed by atoms with van der Waals surface area (Å²) in [5.41, 5.74) is 7.60. The van der Waals surface area contributed by atoms with E-state index in [-0.39, 0.29) is 38.4 Å². The smallest absolute Gasteiger partial charge is 0.369 e. The first-order chi connectivity index (χ1) is 15.5. The Bertz CT molecular complexity index is 1190. The van der Waals surface area contributed by atoms with E-state index in [1.165, 1.54) is 24.3 Å². The van der Waals surface area contributed by atoms with Gasteiger partial charge in [-0.25, -0.2) is 13.4 Å². The van der Waals surface area contributed by atoms with Gasteiger partial charge in [-0.05, 0) is 86.0 Å². The molecule has 0 amide bonds.